The van der Waals surface area contributed by atoms with E-state index in [0.717, 1.165) is 5.69 Å². The Morgan fingerprint density at radius 2 is 1.84 bits per heavy atom. The summed E-state index contributed by atoms with van der Waals surface area (Å²) in [7, 11) is 0. The summed E-state index contributed by atoms with van der Waals surface area (Å²) in [5.41, 5.74) is 1.15. The molecule has 0 spiro atoms. The molecular weight excluding hydrogens is 323 g/mol. The van der Waals surface area contributed by atoms with Crippen LogP contribution in [0.25, 0.3) is 0 Å². The van der Waals surface area contributed by atoms with Crippen molar-refractivity contribution in [1.29, 1.82) is 0 Å². The molecule has 1 N–H and O–H groups in total. The van der Waals surface area contributed by atoms with Crippen molar-refractivity contribution in [2.45, 2.75) is 19.4 Å². The van der Waals surface area contributed by atoms with Crippen LogP contribution in [0.4, 0.5) is 10.1 Å². The first-order chi connectivity index (χ1) is 12.1. The molecule has 2 aromatic carbocycles. The number of benzene rings is 2. The van der Waals surface area contributed by atoms with Gasteiger partial charge in [-0.1, -0.05) is 30.3 Å². The molecule has 0 radical (unpaired) electrons. The summed E-state index contributed by atoms with van der Waals surface area (Å²) >= 11 is 0. The fraction of sp³-hybridized carbons (Fsp3) is 0.263. The van der Waals surface area contributed by atoms with Crippen molar-refractivity contribution < 1.29 is 18.7 Å². The summed E-state index contributed by atoms with van der Waals surface area (Å²) in [4.78, 5) is 26.0. The Kier molecular flexibility index (Phi) is 5.28. The molecule has 0 aromatic heterocycles. The first-order valence-electron chi connectivity index (χ1n) is 8.17. The highest BCUT2D eigenvalue weighted by molar-refractivity contribution is 5.97. The van der Waals surface area contributed by atoms with Crippen molar-refractivity contribution >= 4 is 17.5 Å². The second-order valence-corrected chi connectivity index (χ2v) is 5.73. The van der Waals surface area contributed by atoms with Gasteiger partial charge < -0.3 is 15.0 Å². The molecule has 3 rings (SSSR count). The van der Waals surface area contributed by atoms with Gasteiger partial charge in [-0.15, -0.1) is 0 Å². The van der Waals surface area contributed by atoms with Crippen LogP contribution in [0.3, 0.4) is 0 Å². The summed E-state index contributed by atoms with van der Waals surface area (Å²) in [5, 5.41) is 2.64. The molecule has 25 heavy (non-hydrogen) atoms. The Bertz CT molecular complexity index is 779. The number of nitrogens with one attached hydrogen (secondary N) is 1. The number of halogens is 1. The molecule has 0 saturated heterocycles. The number of hydrogen-bond acceptors (Lipinski definition) is 3. The fourth-order valence-corrected chi connectivity index (χ4v) is 2.71. The summed E-state index contributed by atoms with van der Waals surface area (Å²) in [6, 6.07) is 13.6. The van der Waals surface area contributed by atoms with E-state index in [0.29, 0.717) is 24.5 Å². The molecule has 0 aliphatic carbocycles. The molecule has 0 saturated carbocycles. The summed E-state index contributed by atoms with van der Waals surface area (Å²) in [6.07, 6.45) is 0.157. The van der Waals surface area contributed by atoms with Gasteiger partial charge in [0.25, 0.3) is 0 Å². The highest BCUT2D eigenvalue weighted by Gasteiger charge is 2.23. The van der Waals surface area contributed by atoms with E-state index in [4.69, 9.17) is 4.74 Å². The van der Waals surface area contributed by atoms with E-state index in [1.54, 1.807) is 23.1 Å². The monoisotopic (exact) mass is 342 g/mol. The van der Waals surface area contributed by atoms with Crippen molar-refractivity contribution in [3.8, 4) is 5.75 Å². The van der Waals surface area contributed by atoms with Gasteiger partial charge in [0.2, 0.25) is 11.8 Å². The van der Waals surface area contributed by atoms with Crippen molar-refractivity contribution in [3.05, 3.63) is 59.9 Å². The molecule has 0 fully saturated rings. The van der Waals surface area contributed by atoms with Gasteiger partial charge in [-0.05, 0) is 18.2 Å². The van der Waals surface area contributed by atoms with Crippen molar-refractivity contribution in [3.63, 3.8) is 0 Å². The fourth-order valence-electron chi connectivity index (χ4n) is 2.71. The van der Waals surface area contributed by atoms with Gasteiger partial charge in [0.15, 0.2) is 0 Å². The Hall–Kier alpha value is -2.89. The van der Waals surface area contributed by atoms with E-state index < -0.39 is 0 Å². The molecule has 130 valence electrons. The largest absolute Gasteiger partial charge is 0.490 e. The number of carbonyl (C=O) groups excluding carboxylic acids is 2. The minimum atomic E-state index is -0.358. The van der Waals surface area contributed by atoms with E-state index in [1.165, 1.54) is 6.07 Å². The molecule has 1 aliphatic rings. The van der Waals surface area contributed by atoms with Gasteiger partial charge in [-0.3, -0.25) is 9.59 Å². The molecule has 0 unspecified atom stereocenters. The lowest BCUT2D eigenvalue weighted by Gasteiger charge is -2.29. The van der Waals surface area contributed by atoms with Gasteiger partial charge in [-0.2, -0.15) is 0 Å². The minimum absolute atomic E-state index is 0.0623. The lowest BCUT2D eigenvalue weighted by molar-refractivity contribution is -0.125. The van der Waals surface area contributed by atoms with Gasteiger partial charge in [-0.25, -0.2) is 4.39 Å². The standard InChI is InChI=1S/C19H19FN2O3/c20-15-6-2-1-5-14(15)13-21-18(23)9-10-19(24)22-11-12-25-17-8-4-3-7-16(17)22/h1-8H,9-13H2,(H,21,23). The molecule has 2 amide bonds. The SMILES string of the molecule is O=C(CCC(=O)N1CCOc2ccccc21)NCc1ccccc1F. The average Bonchev–Trinajstić information content (AvgIpc) is 2.65. The molecule has 6 heteroatoms. The van der Waals surface area contributed by atoms with Crippen LogP contribution in [0.15, 0.2) is 48.5 Å². The molecule has 5 nitrogen and oxygen atoms in total. The van der Waals surface area contributed by atoms with E-state index in [9.17, 15) is 14.0 Å². The molecular formula is C19H19FN2O3. The van der Waals surface area contributed by atoms with Crippen LogP contribution in [0.2, 0.25) is 0 Å². The number of amides is 2. The lowest BCUT2D eigenvalue weighted by atomic mass is 10.2. The first kappa shape index (κ1) is 17.0. The molecule has 0 atom stereocenters. The molecule has 2 aromatic rings. The van der Waals surface area contributed by atoms with Crippen LogP contribution in [0.5, 0.6) is 5.75 Å². The van der Waals surface area contributed by atoms with Crippen molar-refractivity contribution in [2.75, 3.05) is 18.1 Å². The van der Waals surface area contributed by atoms with E-state index in [2.05, 4.69) is 5.32 Å². The highest BCUT2D eigenvalue weighted by Crippen LogP contribution is 2.31. The number of para-hydroxylation sites is 2. The quantitative estimate of drug-likeness (QED) is 0.909. The van der Waals surface area contributed by atoms with Crippen LogP contribution >= 0.6 is 0 Å². The maximum Gasteiger partial charge on any atom is 0.227 e. The molecule has 1 aliphatic heterocycles. The minimum Gasteiger partial charge on any atom is -0.490 e. The van der Waals surface area contributed by atoms with Crippen LogP contribution in [-0.2, 0) is 16.1 Å². The second-order valence-electron chi connectivity index (χ2n) is 5.73. The van der Waals surface area contributed by atoms with Crippen LogP contribution in [0, 0.1) is 5.82 Å². The third kappa shape index (κ3) is 4.15. The number of hydrogen-bond donors (Lipinski definition) is 1. The Morgan fingerprint density at radius 1 is 1.08 bits per heavy atom. The number of carbonyl (C=O) groups is 2. The van der Waals surface area contributed by atoms with Crippen molar-refractivity contribution in [2.24, 2.45) is 0 Å². The average molecular weight is 342 g/mol. The normalized spacial score (nSPS) is 12.9. The number of rotatable bonds is 5. The zero-order valence-corrected chi connectivity index (χ0v) is 13.7. The lowest BCUT2D eigenvalue weighted by Crippen LogP contribution is -2.38. The number of fused-ring (bicyclic) bond motifs is 1. The van der Waals surface area contributed by atoms with Gasteiger partial charge in [0.05, 0.1) is 12.2 Å². The van der Waals surface area contributed by atoms with E-state index in [-0.39, 0.29) is 37.0 Å². The van der Waals surface area contributed by atoms with Gasteiger partial charge >= 0.3 is 0 Å². The summed E-state index contributed by atoms with van der Waals surface area (Å²) < 4.78 is 19.0. The Labute approximate surface area is 145 Å². The Morgan fingerprint density at radius 3 is 2.68 bits per heavy atom. The number of anilines is 1. The second kappa shape index (κ2) is 7.79. The third-order valence-corrected chi connectivity index (χ3v) is 4.03. The summed E-state index contributed by atoms with van der Waals surface area (Å²) in [6.45, 7) is 1.01. The van der Waals surface area contributed by atoms with Crippen LogP contribution in [0.1, 0.15) is 18.4 Å². The predicted octanol–water partition coefficient (Wildman–Crippen LogP) is 2.65. The van der Waals surface area contributed by atoms with E-state index in [1.807, 2.05) is 24.3 Å². The maximum absolute atomic E-state index is 13.5. The van der Waals surface area contributed by atoms with Crippen LogP contribution < -0.4 is 15.0 Å². The zero-order valence-electron chi connectivity index (χ0n) is 13.7. The predicted molar refractivity (Wildman–Crippen MR) is 91.8 cm³/mol. The summed E-state index contributed by atoms with van der Waals surface area (Å²) in [5.74, 6) is -0.0927. The van der Waals surface area contributed by atoms with E-state index >= 15 is 0 Å². The number of ether oxygens (including phenoxy) is 1. The van der Waals surface area contributed by atoms with Crippen molar-refractivity contribution in [1.82, 2.24) is 5.32 Å². The smallest absolute Gasteiger partial charge is 0.227 e. The Balaban J connectivity index is 1.51. The highest BCUT2D eigenvalue weighted by atomic mass is 19.1. The third-order valence-electron chi connectivity index (χ3n) is 4.03. The molecule has 0 bridgehead atoms. The van der Waals surface area contributed by atoms with Crippen LogP contribution in [-0.4, -0.2) is 25.0 Å². The topological polar surface area (TPSA) is 58.6 Å². The maximum atomic E-state index is 13.5. The molecule has 1 heterocycles. The van der Waals surface area contributed by atoms with Gasteiger partial charge in [0.1, 0.15) is 18.2 Å². The zero-order chi connectivity index (χ0) is 17.6. The first-order valence-corrected chi connectivity index (χ1v) is 8.17. The number of nitrogens with zero attached hydrogens (tertiary/aromatic N) is 1. The van der Waals surface area contributed by atoms with Gasteiger partial charge in [0, 0.05) is 24.9 Å².